The van der Waals surface area contributed by atoms with Gasteiger partial charge in [0, 0.05) is 0 Å². The van der Waals surface area contributed by atoms with Crippen molar-refractivity contribution in [1.29, 1.82) is 0 Å². The van der Waals surface area contributed by atoms with Crippen LogP contribution in [0.2, 0.25) is 0 Å². The van der Waals surface area contributed by atoms with Gasteiger partial charge in [0.1, 0.15) is 5.75 Å². The molecule has 0 spiro atoms. The monoisotopic (exact) mass is 262 g/mol. The van der Waals surface area contributed by atoms with Gasteiger partial charge in [-0.2, -0.15) is 0 Å². The van der Waals surface area contributed by atoms with Crippen molar-refractivity contribution in [2.24, 2.45) is 0 Å². The molecule has 1 nitrogen and oxygen atoms in total. The van der Waals surface area contributed by atoms with E-state index >= 15 is 0 Å². The molecule has 0 unspecified atom stereocenters. The minimum atomic E-state index is 0.322. The van der Waals surface area contributed by atoms with E-state index in [1.54, 1.807) is 24.3 Å². The molecule has 0 fully saturated rings. The lowest BCUT2D eigenvalue weighted by atomic mass is 10.1. The minimum absolute atomic E-state index is 0.322. The number of hydrogen-bond acceptors (Lipinski definition) is 1. The summed E-state index contributed by atoms with van der Waals surface area (Å²) in [4.78, 5) is 0. The molecule has 0 aliphatic heterocycles. The third-order valence-corrected chi connectivity index (χ3v) is 2.91. The second kappa shape index (κ2) is 7.15. The third-order valence-electron chi connectivity index (χ3n) is 2.91. The molecule has 2 aromatic rings. The molecule has 2 aliphatic rings. The highest BCUT2D eigenvalue weighted by Gasteiger charge is 1.88. The van der Waals surface area contributed by atoms with Crippen LogP contribution in [0.25, 0.3) is 0 Å². The molecule has 0 aromatic heterocycles. The van der Waals surface area contributed by atoms with Crippen LogP contribution in [0.3, 0.4) is 0 Å². The van der Waals surface area contributed by atoms with Gasteiger partial charge in [-0.05, 0) is 29.5 Å². The molecule has 0 saturated heterocycles. The van der Waals surface area contributed by atoms with Crippen LogP contribution in [0.15, 0.2) is 84.9 Å². The van der Waals surface area contributed by atoms with Crippen molar-refractivity contribution in [1.82, 2.24) is 0 Å². The lowest BCUT2D eigenvalue weighted by Gasteiger charge is -1.95. The molecule has 2 aliphatic carbocycles. The Morgan fingerprint density at radius 3 is 1.10 bits per heavy atom. The maximum atomic E-state index is 8.63. The smallest absolute Gasteiger partial charge is 0.115 e. The van der Waals surface area contributed by atoms with E-state index in [0.29, 0.717) is 5.75 Å². The molecule has 0 atom stereocenters. The Kier molecular flexibility index (Phi) is 4.96. The first-order chi connectivity index (χ1) is 9.75. The molecule has 4 rings (SSSR count). The van der Waals surface area contributed by atoms with Crippen molar-refractivity contribution in [3.63, 3.8) is 0 Å². The Labute approximate surface area is 119 Å². The summed E-state index contributed by atoms with van der Waals surface area (Å²) in [5, 5.41) is 11.5. The van der Waals surface area contributed by atoms with Crippen LogP contribution < -0.4 is 0 Å². The molecule has 1 heteroatoms. The second-order valence-electron chi connectivity index (χ2n) is 4.57. The molecular formula is C19H18O. The van der Waals surface area contributed by atoms with Crippen LogP contribution in [0.1, 0.15) is 5.56 Å². The summed E-state index contributed by atoms with van der Waals surface area (Å²) in [6.45, 7) is 2.08. The fourth-order valence-electron chi connectivity index (χ4n) is 1.63. The van der Waals surface area contributed by atoms with Crippen LogP contribution >= 0.6 is 0 Å². The number of hydrogen-bond donors (Lipinski definition) is 1. The first kappa shape index (κ1) is 13.9. The molecular weight excluding hydrogens is 244 g/mol. The minimum Gasteiger partial charge on any atom is -0.508 e. The molecule has 100 valence electrons. The van der Waals surface area contributed by atoms with Crippen LogP contribution in [0.5, 0.6) is 5.75 Å². The summed E-state index contributed by atoms with van der Waals surface area (Å²) in [7, 11) is 0. The SMILES string of the molecule is Cc1ccccc1.Oc1ccccc1.c1cc2ccc1=2. The zero-order chi connectivity index (χ0) is 14.2. The largest absolute Gasteiger partial charge is 0.508 e. The number of para-hydroxylation sites is 1. The van der Waals surface area contributed by atoms with Crippen LogP contribution in [0, 0.1) is 17.4 Å². The van der Waals surface area contributed by atoms with Crippen molar-refractivity contribution in [2.45, 2.75) is 6.92 Å². The standard InChI is InChI=1S/C7H8.C6H6O.C6H4/c1-7-5-3-2-4-6-7;7-6-4-2-1-3-5-6;1-2-6-4-3-5(1)6/h2-6H,1H3;1-5,7H;1-4H. The van der Waals surface area contributed by atoms with Gasteiger partial charge in [0.15, 0.2) is 0 Å². The van der Waals surface area contributed by atoms with Gasteiger partial charge in [-0.3, -0.25) is 0 Å². The van der Waals surface area contributed by atoms with Crippen LogP contribution in [-0.4, -0.2) is 5.11 Å². The van der Waals surface area contributed by atoms with Gasteiger partial charge >= 0.3 is 0 Å². The molecule has 2 aromatic carbocycles. The first-order valence-corrected chi connectivity index (χ1v) is 6.62. The maximum absolute atomic E-state index is 8.63. The van der Waals surface area contributed by atoms with E-state index in [1.165, 1.54) is 16.0 Å². The summed E-state index contributed by atoms with van der Waals surface area (Å²) in [6, 6.07) is 27.5. The fraction of sp³-hybridized carbons (Fsp3) is 0.0526. The van der Waals surface area contributed by atoms with Crippen molar-refractivity contribution in [3.8, 4) is 5.75 Å². The number of benzene rings is 3. The van der Waals surface area contributed by atoms with Gasteiger partial charge in [0.25, 0.3) is 0 Å². The van der Waals surface area contributed by atoms with E-state index in [9.17, 15) is 0 Å². The summed E-state index contributed by atoms with van der Waals surface area (Å²) < 4.78 is 0. The van der Waals surface area contributed by atoms with E-state index in [2.05, 4.69) is 43.3 Å². The summed E-state index contributed by atoms with van der Waals surface area (Å²) in [6.07, 6.45) is 0. The molecule has 0 radical (unpaired) electrons. The number of rotatable bonds is 0. The van der Waals surface area contributed by atoms with Gasteiger partial charge in [0.2, 0.25) is 0 Å². The Morgan fingerprint density at radius 1 is 0.550 bits per heavy atom. The Morgan fingerprint density at radius 2 is 0.950 bits per heavy atom. The van der Waals surface area contributed by atoms with E-state index < -0.39 is 0 Å². The predicted molar refractivity (Wildman–Crippen MR) is 83.4 cm³/mol. The van der Waals surface area contributed by atoms with E-state index in [-0.39, 0.29) is 0 Å². The zero-order valence-corrected chi connectivity index (χ0v) is 11.5. The van der Waals surface area contributed by atoms with Gasteiger partial charge in [0.05, 0.1) is 0 Å². The van der Waals surface area contributed by atoms with E-state index in [0.717, 1.165) is 0 Å². The molecule has 1 N–H and O–H groups in total. The number of aromatic hydroxyl groups is 1. The molecule has 0 amide bonds. The lowest BCUT2D eigenvalue weighted by molar-refractivity contribution is 0.475. The molecule has 20 heavy (non-hydrogen) atoms. The molecule has 0 bridgehead atoms. The van der Waals surface area contributed by atoms with Crippen molar-refractivity contribution in [2.75, 3.05) is 0 Å². The maximum Gasteiger partial charge on any atom is 0.115 e. The quantitative estimate of drug-likeness (QED) is 0.488. The van der Waals surface area contributed by atoms with E-state index in [4.69, 9.17) is 5.11 Å². The second-order valence-corrected chi connectivity index (χ2v) is 4.57. The molecule has 0 heterocycles. The first-order valence-electron chi connectivity index (χ1n) is 6.62. The average Bonchev–Trinajstić information content (AvgIpc) is 2.46. The van der Waals surface area contributed by atoms with Crippen molar-refractivity contribution in [3.05, 3.63) is 101 Å². The van der Waals surface area contributed by atoms with Crippen LogP contribution in [0.4, 0.5) is 0 Å². The number of phenolic OH excluding ortho intramolecular Hbond substituents is 1. The van der Waals surface area contributed by atoms with Gasteiger partial charge in [-0.15, -0.1) is 0 Å². The summed E-state index contributed by atoms with van der Waals surface area (Å²) in [5.74, 6) is 0.322. The third kappa shape index (κ3) is 4.29. The van der Waals surface area contributed by atoms with Gasteiger partial charge in [-0.1, -0.05) is 78.4 Å². The van der Waals surface area contributed by atoms with E-state index in [1.807, 2.05) is 24.3 Å². The topological polar surface area (TPSA) is 20.2 Å². The average molecular weight is 262 g/mol. The predicted octanol–water partition coefficient (Wildman–Crippen LogP) is 4.67. The van der Waals surface area contributed by atoms with Gasteiger partial charge < -0.3 is 5.11 Å². The van der Waals surface area contributed by atoms with Gasteiger partial charge in [-0.25, -0.2) is 0 Å². The van der Waals surface area contributed by atoms with Crippen molar-refractivity contribution < 1.29 is 5.11 Å². The highest BCUT2D eigenvalue weighted by molar-refractivity contribution is 5.22. The Balaban J connectivity index is 0.000000110. The highest BCUT2D eigenvalue weighted by atomic mass is 16.3. The highest BCUT2D eigenvalue weighted by Crippen LogP contribution is 2.04. The molecule has 0 saturated carbocycles. The summed E-state index contributed by atoms with van der Waals surface area (Å²) in [5.41, 5.74) is 1.32. The zero-order valence-electron chi connectivity index (χ0n) is 11.5. The lowest BCUT2D eigenvalue weighted by Crippen LogP contribution is -1.80. The van der Waals surface area contributed by atoms with Crippen LogP contribution in [-0.2, 0) is 0 Å². The normalized spacial score (nSPS) is 9.45. The number of phenols is 1. The Hall–Kier alpha value is -2.54. The Bertz CT molecular complexity index is 631. The summed E-state index contributed by atoms with van der Waals surface area (Å²) >= 11 is 0. The number of aryl methyl sites for hydroxylation is 1. The van der Waals surface area contributed by atoms with Crippen molar-refractivity contribution >= 4 is 0 Å². The fourth-order valence-corrected chi connectivity index (χ4v) is 1.63.